The van der Waals surface area contributed by atoms with E-state index in [1.165, 1.54) is 19.3 Å². The zero-order valence-electron chi connectivity index (χ0n) is 10.8. The van der Waals surface area contributed by atoms with Crippen LogP contribution in [0.4, 0.5) is 6.01 Å². The van der Waals surface area contributed by atoms with Crippen LogP contribution < -0.4 is 11.1 Å². The second kappa shape index (κ2) is 5.04. The first kappa shape index (κ1) is 12.4. The van der Waals surface area contributed by atoms with Crippen molar-refractivity contribution in [3.63, 3.8) is 0 Å². The summed E-state index contributed by atoms with van der Waals surface area (Å²) < 4.78 is 5.47. The third kappa shape index (κ3) is 2.77. The summed E-state index contributed by atoms with van der Waals surface area (Å²) in [7, 11) is 0. The molecule has 3 N–H and O–H groups in total. The molecule has 4 unspecified atom stereocenters. The molecule has 0 spiro atoms. The van der Waals surface area contributed by atoms with E-state index in [2.05, 4.69) is 29.4 Å². The van der Waals surface area contributed by atoms with Crippen molar-refractivity contribution in [3.05, 3.63) is 5.89 Å². The van der Waals surface area contributed by atoms with Gasteiger partial charge in [0.15, 0.2) is 0 Å². The van der Waals surface area contributed by atoms with Gasteiger partial charge in [-0.05, 0) is 25.2 Å². The molecule has 17 heavy (non-hydrogen) atoms. The first-order chi connectivity index (χ1) is 8.08. The van der Waals surface area contributed by atoms with Crippen molar-refractivity contribution in [2.75, 3.05) is 5.32 Å². The van der Waals surface area contributed by atoms with Crippen LogP contribution in [-0.2, 0) is 0 Å². The minimum Gasteiger partial charge on any atom is -0.406 e. The molecule has 2 rings (SSSR count). The maximum Gasteiger partial charge on any atom is 0.315 e. The highest BCUT2D eigenvalue weighted by atomic mass is 16.4. The van der Waals surface area contributed by atoms with Crippen molar-refractivity contribution >= 4 is 6.01 Å². The zero-order valence-corrected chi connectivity index (χ0v) is 10.8. The molecule has 0 aliphatic heterocycles. The van der Waals surface area contributed by atoms with E-state index in [0.29, 0.717) is 23.9 Å². The Labute approximate surface area is 102 Å². The lowest BCUT2D eigenvalue weighted by Gasteiger charge is -2.33. The molecule has 1 aromatic heterocycles. The SMILES string of the molecule is CC(N)c1nnc(NC2CCCC(C)C2C)o1. The van der Waals surface area contributed by atoms with Crippen LogP contribution >= 0.6 is 0 Å². The van der Waals surface area contributed by atoms with Crippen molar-refractivity contribution in [2.24, 2.45) is 17.6 Å². The van der Waals surface area contributed by atoms with E-state index in [1.54, 1.807) is 0 Å². The fourth-order valence-electron chi connectivity index (χ4n) is 2.42. The summed E-state index contributed by atoms with van der Waals surface area (Å²) in [5, 5.41) is 11.2. The molecule has 0 amide bonds. The molecule has 0 aromatic carbocycles. The smallest absolute Gasteiger partial charge is 0.315 e. The maximum absolute atomic E-state index is 5.69. The Morgan fingerprint density at radius 2 is 2.12 bits per heavy atom. The summed E-state index contributed by atoms with van der Waals surface area (Å²) in [5.74, 6) is 1.87. The van der Waals surface area contributed by atoms with Crippen molar-refractivity contribution in [1.29, 1.82) is 0 Å². The van der Waals surface area contributed by atoms with Gasteiger partial charge in [0.05, 0.1) is 6.04 Å². The Balaban J connectivity index is 1.99. The van der Waals surface area contributed by atoms with Crippen LogP contribution in [0.2, 0.25) is 0 Å². The second-order valence-electron chi connectivity index (χ2n) is 5.25. The summed E-state index contributed by atoms with van der Waals surface area (Å²) in [6, 6.07) is 0.726. The van der Waals surface area contributed by atoms with Crippen LogP contribution in [0.15, 0.2) is 4.42 Å². The molecule has 0 radical (unpaired) electrons. The highest BCUT2D eigenvalue weighted by molar-refractivity contribution is 5.20. The number of nitrogens with zero attached hydrogens (tertiary/aromatic N) is 2. The number of anilines is 1. The fourth-order valence-corrected chi connectivity index (χ4v) is 2.42. The molecule has 1 fully saturated rings. The van der Waals surface area contributed by atoms with Crippen LogP contribution in [0.3, 0.4) is 0 Å². The fraction of sp³-hybridized carbons (Fsp3) is 0.833. The lowest BCUT2D eigenvalue weighted by Crippen LogP contribution is -2.35. The standard InChI is InChI=1S/C12H22N4O/c1-7-5-4-6-10(8(7)2)14-12-16-15-11(17-12)9(3)13/h7-10H,4-6,13H2,1-3H3,(H,14,16). The number of aromatic nitrogens is 2. The highest BCUT2D eigenvalue weighted by Gasteiger charge is 2.28. The van der Waals surface area contributed by atoms with Gasteiger partial charge in [-0.15, -0.1) is 5.10 Å². The molecule has 4 atom stereocenters. The van der Waals surface area contributed by atoms with Crippen LogP contribution in [0.5, 0.6) is 0 Å². The van der Waals surface area contributed by atoms with E-state index in [-0.39, 0.29) is 6.04 Å². The Bertz CT molecular complexity index is 363. The van der Waals surface area contributed by atoms with E-state index < -0.39 is 0 Å². The lowest BCUT2D eigenvalue weighted by atomic mass is 9.78. The molecular weight excluding hydrogens is 216 g/mol. The van der Waals surface area contributed by atoms with Crippen LogP contribution in [0.25, 0.3) is 0 Å². The van der Waals surface area contributed by atoms with Gasteiger partial charge < -0.3 is 15.5 Å². The minimum atomic E-state index is -0.208. The third-order valence-corrected chi connectivity index (χ3v) is 3.85. The van der Waals surface area contributed by atoms with Gasteiger partial charge in [-0.25, -0.2) is 0 Å². The number of hydrogen-bond donors (Lipinski definition) is 2. The molecule has 1 aliphatic rings. The molecule has 1 aromatic rings. The summed E-state index contributed by atoms with van der Waals surface area (Å²) in [5.41, 5.74) is 5.69. The Kier molecular flexibility index (Phi) is 3.66. The summed E-state index contributed by atoms with van der Waals surface area (Å²) in [6.07, 6.45) is 3.74. The monoisotopic (exact) mass is 238 g/mol. The molecule has 1 aliphatic carbocycles. The summed E-state index contributed by atoms with van der Waals surface area (Å²) in [4.78, 5) is 0. The highest BCUT2D eigenvalue weighted by Crippen LogP contribution is 2.31. The van der Waals surface area contributed by atoms with Gasteiger partial charge in [0.2, 0.25) is 5.89 Å². The lowest BCUT2D eigenvalue weighted by molar-refractivity contribution is 0.250. The van der Waals surface area contributed by atoms with E-state index in [9.17, 15) is 0 Å². The third-order valence-electron chi connectivity index (χ3n) is 3.85. The van der Waals surface area contributed by atoms with Crippen molar-refractivity contribution in [3.8, 4) is 0 Å². The second-order valence-corrected chi connectivity index (χ2v) is 5.25. The number of rotatable bonds is 3. The average Bonchev–Trinajstić information content (AvgIpc) is 2.73. The van der Waals surface area contributed by atoms with Gasteiger partial charge in [0.25, 0.3) is 0 Å². The molecule has 5 nitrogen and oxygen atoms in total. The van der Waals surface area contributed by atoms with Gasteiger partial charge in [-0.3, -0.25) is 0 Å². The largest absolute Gasteiger partial charge is 0.406 e. The van der Waals surface area contributed by atoms with Gasteiger partial charge in [-0.1, -0.05) is 31.8 Å². The van der Waals surface area contributed by atoms with Gasteiger partial charge >= 0.3 is 6.01 Å². The first-order valence-electron chi connectivity index (χ1n) is 6.43. The van der Waals surface area contributed by atoms with Gasteiger partial charge in [-0.2, -0.15) is 0 Å². The molecule has 5 heteroatoms. The number of nitrogens with one attached hydrogen (secondary N) is 1. The Morgan fingerprint density at radius 1 is 1.35 bits per heavy atom. The molecule has 0 saturated heterocycles. The van der Waals surface area contributed by atoms with Crippen LogP contribution in [0, 0.1) is 11.8 Å². The predicted octanol–water partition coefficient (Wildman–Crippen LogP) is 2.33. The van der Waals surface area contributed by atoms with Crippen molar-refractivity contribution in [2.45, 2.75) is 52.1 Å². The number of hydrogen-bond acceptors (Lipinski definition) is 5. The predicted molar refractivity (Wildman–Crippen MR) is 66.5 cm³/mol. The summed E-state index contributed by atoms with van der Waals surface area (Å²) in [6.45, 7) is 6.42. The van der Waals surface area contributed by atoms with E-state index in [0.717, 1.165) is 5.92 Å². The van der Waals surface area contributed by atoms with E-state index in [4.69, 9.17) is 10.2 Å². The van der Waals surface area contributed by atoms with Crippen LogP contribution in [0.1, 0.15) is 52.0 Å². The van der Waals surface area contributed by atoms with Crippen molar-refractivity contribution < 1.29 is 4.42 Å². The number of nitrogens with two attached hydrogens (primary N) is 1. The van der Waals surface area contributed by atoms with Gasteiger partial charge in [0.1, 0.15) is 0 Å². The summed E-state index contributed by atoms with van der Waals surface area (Å²) >= 11 is 0. The topological polar surface area (TPSA) is 77.0 Å². The average molecular weight is 238 g/mol. The first-order valence-corrected chi connectivity index (χ1v) is 6.43. The van der Waals surface area contributed by atoms with E-state index in [1.807, 2.05) is 6.92 Å². The van der Waals surface area contributed by atoms with Crippen LogP contribution in [-0.4, -0.2) is 16.2 Å². The Hall–Kier alpha value is -1.10. The molecule has 1 saturated carbocycles. The normalized spacial score (nSPS) is 31.2. The van der Waals surface area contributed by atoms with Crippen molar-refractivity contribution in [1.82, 2.24) is 10.2 Å². The van der Waals surface area contributed by atoms with Gasteiger partial charge in [0, 0.05) is 6.04 Å². The minimum absolute atomic E-state index is 0.208. The zero-order chi connectivity index (χ0) is 12.4. The molecule has 96 valence electrons. The van der Waals surface area contributed by atoms with E-state index >= 15 is 0 Å². The maximum atomic E-state index is 5.69. The molecule has 0 bridgehead atoms. The Morgan fingerprint density at radius 3 is 2.76 bits per heavy atom. The molecular formula is C12H22N4O. The molecule has 1 heterocycles. The quantitative estimate of drug-likeness (QED) is 0.845.